The molecule has 1 unspecified atom stereocenters. The van der Waals surface area contributed by atoms with Gasteiger partial charge in [-0.3, -0.25) is 0 Å². The lowest BCUT2D eigenvalue weighted by Crippen LogP contribution is -2.28. The minimum atomic E-state index is 0.201. The third kappa shape index (κ3) is 3.47. The first-order chi connectivity index (χ1) is 8.05. The van der Waals surface area contributed by atoms with Gasteiger partial charge in [0.2, 0.25) is 0 Å². The highest BCUT2D eigenvalue weighted by Crippen LogP contribution is 2.25. The fourth-order valence-electron chi connectivity index (χ4n) is 2.03. The Morgan fingerprint density at radius 1 is 1.18 bits per heavy atom. The highest BCUT2D eigenvalue weighted by Gasteiger charge is 2.16. The van der Waals surface area contributed by atoms with Crippen LogP contribution in [0.2, 0.25) is 0 Å². The zero-order chi connectivity index (χ0) is 12.3. The minimum absolute atomic E-state index is 0.201. The molecule has 0 aliphatic carbocycles. The van der Waals surface area contributed by atoms with Crippen molar-refractivity contribution < 1.29 is 9.47 Å². The van der Waals surface area contributed by atoms with Crippen molar-refractivity contribution in [1.82, 2.24) is 0 Å². The van der Waals surface area contributed by atoms with Crippen molar-refractivity contribution in [1.29, 1.82) is 0 Å². The smallest absolute Gasteiger partial charge is 0.122 e. The van der Waals surface area contributed by atoms with E-state index >= 15 is 0 Å². The molecule has 1 aromatic carbocycles. The Morgan fingerprint density at radius 3 is 2.41 bits per heavy atom. The summed E-state index contributed by atoms with van der Waals surface area (Å²) >= 11 is 0. The van der Waals surface area contributed by atoms with E-state index in [0.717, 1.165) is 31.8 Å². The molecule has 1 aromatic rings. The molecular formula is C15H22O2. The van der Waals surface area contributed by atoms with Crippen molar-refractivity contribution in [2.75, 3.05) is 13.2 Å². The summed E-state index contributed by atoms with van der Waals surface area (Å²) in [5.74, 6) is 0.952. The van der Waals surface area contributed by atoms with Gasteiger partial charge < -0.3 is 9.47 Å². The zero-order valence-electron chi connectivity index (χ0n) is 11.0. The van der Waals surface area contributed by atoms with Gasteiger partial charge in [-0.25, -0.2) is 0 Å². The molecule has 2 nitrogen and oxygen atoms in total. The van der Waals surface area contributed by atoms with E-state index < -0.39 is 0 Å². The Labute approximate surface area is 104 Å². The molecule has 2 rings (SSSR count). The summed E-state index contributed by atoms with van der Waals surface area (Å²) in [6.07, 6.45) is 2.43. The first kappa shape index (κ1) is 12.4. The SMILES string of the molecule is CC(C)(C)c1ccc(OC2CCCOC2)cc1. The molecule has 94 valence electrons. The van der Waals surface area contributed by atoms with Crippen LogP contribution in [0.5, 0.6) is 5.75 Å². The van der Waals surface area contributed by atoms with Crippen LogP contribution in [0.15, 0.2) is 24.3 Å². The number of hydrogen-bond acceptors (Lipinski definition) is 2. The molecule has 1 atom stereocenters. The fourth-order valence-corrected chi connectivity index (χ4v) is 2.03. The van der Waals surface area contributed by atoms with Crippen LogP contribution in [0, 0.1) is 0 Å². The lowest BCUT2D eigenvalue weighted by Gasteiger charge is -2.24. The van der Waals surface area contributed by atoms with E-state index in [2.05, 4.69) is 45.0 Å². The molecule has 17 heavy (non-hydrogen) atoms. The molecule has 1 aliphatic heterocycles. The summed E-state index contributed by atoms with van der Waals surface area (Å²) in [7, 11) is 0. The van der Waals surface area contributed by atoms with Crippen LogP contribution in [0.4, 0.5) is 0 Å². The Bertz CT molecular complexity index is 342. The summed E-state index contributed by atoms with van der Waals surface area (Å²) in [6, 6.07) is 8.43. The molecular weight excluding hydrogens is 212 g/mol. The second kappa shape index (κ2) is 5.09. The van der Waals surface area contributed by atoms with E-state index in [1.807, 2.05) is 0 Å². The molecule has 1 fully saturated rings. The highest BCUT2D eigenvalue weighted by atomic mass is 16.5. The van der Waals surface area contributed by atoms with E-state index in [1.165, 1.54) is 5.56 Å². The first-order valence-corrected chi connectivity index (χ1v) is 6.41. The van der Waals surface area contributed by atoms with Crippen molar-refractivity contribution in [3.05, 3.63) is 29.8 Å². The quantitative estimate of drug-likeness (QED) is 0.779. The molecule has 2 heteroatoms. The molecule has 0 aromatic heterocycles. The summed E-state index contributed by atoms with van der Waals surface area (Å²) in [4.78, 5) is 0. The van der Waals surface area contributed by atoms with E-state index in [0.29, 0.717) is 0 Å². The predicted molar refractivity (Wildman–Crippen MR) is 69.6 cm³/mol. The highest BCUT2D eigenvalue weighted by molar-refractivity contribution is 5.31. The fraction of sp³-hybridized carbons (Fsp3) is 0.600. The Balaban J connectivity index is 1.98. The minimum Gasteiger partial charge on any atom is -0.488 e. The summed E-state index contributed by atoms with van der Waals surface area (Å²) in [5, 5.41) is 0. The lowest BCUT2D eigenvalue weighted by molar-refractivity contribution is 0.00742. The third-order valence-electron chi connectivity index (χ3n) is 3.14. The number of hydrogen-bond donors (Lipinski definition) is 0. The van der Waals surface area contributed by atoms with Gasteiger partial charge in [-0.15, -0.1) is 0 Å². The second-order valence-corrected chi connectivity index (χ2v) is 5.73. The van der Waals surface area contributed by atoms with Gasteiger partial charge >= 0.3 is 0 Å². The van der Waals surface area contributed by atoms with Crippen molar-refractivity contribution in [3.8, 4) is 5.75 Å². The average Bonchev–Trinajstić information content (AvgIpc) is 2.30. The van der Waals surface area contributed by atoms with Crippen molar-refractivity contribution in [2.45, 2.75) is 45.1 Å². The van der Waals surface area contributed by atoms with E-state index in [4.69, 9.17) is 9.47 Å². The molecule has 0 spiro atoms. The van der Waals surface area contributed by atoms with Crippen LogP contribution in [-0.4, -0.2) is 19.3 Å². The molecule has 1 aliphatic rings. The second-order valence-electron chi connectivity index (χ2n) is 5.73. The summed E-state index contributed by atoms with van der Waals surface area (Å²) < 4.78 is 11.3. The van der Waals surface area contributed by atoms with Gasteiger partial charge in [0.1, 0.15) is 11.9 Å². The number of ether oxygens (including phenoxy) is 2. The normalized spacial score (nSPS) is 21.2. The molecule has 0 saturated carbocycles. The van der Waals surface area contributed by atoms with Gasteiger partial charge in [-0.2, -0.15) is 0 Å². The van der Waals surface area contributed by atoms with Crippen molar-refractivity contribution >= 4 is 0 Å². The number of benzene rings is 1. The summed E-state index contributed by atoms with van der Waals surface area (Å²) in [5.41, 5.74) is 1.54. The molecule has 0 bridgehead atoms. The standard InChI is InChI=1S/C15H22O2/c1-15(2,3)12-6-8-13(9-7-12)17-14-5-4-10-16-11-14/h6-9,14H,4-5,10-11H2,1-3H3. The molecule has 0 N–H and O–H groups in total. The van der Waals surface area contributed by atoms with E-state index in [-0.39, 0.29) is 11.5 Å². The van der Waals surface area contributed by atoms with Crippen molar-refractivity contribution in [3.63, 3.8) is 0 Å². The lowest BCUT2D eigenvalue weighted by atomic mass is 9.87. The van der Waals surface area contributed by atoms with Crippen molar-refractivity contribution in [2.24, 2.45) is 0 Å². The van der Waals surface area contributed by atoms with Gasteiger partial charge in [-0.05, 0) is 36.0 Å². The van der Waals surface area contributed by atoms with Gasteiger partial charge in [0.25, 0.3) is 0 Å². The van der Waals surface area contributed by atoms with Crippen LogP contribution in [-0.2, 0) is 10.2 Å². The molecule has 0 radical (unpaired) electrons. The molecule has 1 heterocycles. The molecule has 0 amide bonds. The monoisotopic (exact) mass is 234 g/mol. The Morgan fingerprint density at radius 2 is 1.88 bits per heavy atom. The molecule has 1 saturated heterocycles. The van der Waals surface area contributed by atoms with E-state index in [1.54, 1.807) is 0 Å². The van der Waals surface area contributed by atoms with Crippen LogP contribution >= 0.6 is 0 Å². The predicted octanol–water partition coefficient (Wildman–Crippen LogP) is 3.54. The first-order valence-electron chi connectivity index (χ1n) is 6.41. The Kier molecular flexibility index (Phi) is 3.72. The van der Waals surface area contributed by atoms with Crippen LogP contribution in [0.1, 0.15) is 39.2 Å². The van der Waals surface area contributed by atoms with Gasteiger partial charge in [0.15, 0.2) is 0 Å². The topological polar surface area (TPSA) is 18.5 Å². The largest absolute Gasteiger partial charge is 0.488 e. The van der Waals surface area contributed by atoms with Gasteiger partial charge in [0.05, 0.1) is 6.61 Å². The zero-order valence-corrected chi connectivity index (χ0v) is 11.0. The maximum Gasteiger partial charge on any atom is 0.122 e. The summed E-state index contributed by atoms with van der Waals surface area (Å²) in [6.45, 7) is 8.26. The number of rotatable bonds is 2. The van der Waals surface area contributed by atoms with Gasteiger partial charge in [-0.1, -0.05) is 32.9 Å². The van der Waals surface area contributed by atoms with Crippen LogP contribution in [0.25, 0.3) is 0 Å². The van der Waals surface area contributed by atoms with E-state index in [9.17, 15) is 0 Å². The average molecular weight is 234 g/mol. The third-order valence-corrected chi connectivity index (χ3v) is 3.14. The van der Waals surface area contributed by atoms with Crippen LogP contribution < -0.4 is 4.74 Å². The van der Waals surface area contributed by atoms with Gasteiger partial charge in [0, 0.05) is 6.61 Å². The maximum atomic E-state index is 5.90. The van der Waals surface area contributed by atoms with Crippen LogP contribution in [0.3, 0.4) is 0 Å². The maximum absolute atomic E-state index is 5.90. The Hall–Kier alpha value is -1.02.